The number of aromatic amines is 1. The Hall–Kier alpha value is -2.10. The average Bonchev–Trinajstić information content (AvgIpc) is 2.76. The number of carbonyl (C=O) groups excluding carboxylic acids is 1. The van der Waals surface area contributed by atoms with Crippen molar-refractivity contribution < 1.29 is 4.79 Å². The number of carbonyl (C=O) groups is 1. The van der Waals surface area contributed by atoms with Crippen molar-refractivity contribution in [2.75, 3.05) is 6.54 Å². The zero-order valence-electron chi connectivity index (χ0n) is 10.4. The number of rotatable bonds is 5. The predicted octanol–water partition coefficient (Wildman–Crippen LogP) is 1.62. The molecule has 0 unspecified atom stereocenters. The Kier molecular flexibility index (Phi) is 4.12. The fraction of sp³-hybridized carbons (Fsp3) is 0.286. The van der Waals surface area contributed by atoms with Crippen molar-refractivity contribution >= 4 is 5.91 Å². The summed E-state index contributed by atoms with van der Waals surface area (Å²) in [6, 6.07) is 5.91. The Bertz CT molecular complexity index is 505. The first-order valence-electron chi connectivity index (χ1n) is 6.03. The third kappa shape index (κ3) is 3.73. The van der Waals surface area contributed by atoms with Gasteiger partial charge in [0.2, 0.25) is 5.91 Å². The van der Waals surface area contributed by atoms with Gasteiger partial charge in [0.25, 0.3) is 0 Å². The van der Waals surface area contributed by atoms with Crippen LogP contribution in [0.5, 0.6) is 0 Å². The zero-order chi connectivity index (χ0) is 12.8. The fourth-order valence-electron chi connectivity index (χ4n) is 1.81. The van der Waals surface area contributed by atoms with Crippen LogP contribution in [-0.4, -0.2) is 22.4 Å². The molecule has 0 saturated carbocycles. The van der Waals surface area contributed by atoms with Crippen molar-refractivity contribution in [2.45, 2.75) is 19.8 Å². The molecule has 1 amide bonds. The van der Waals surface area contributed by atoms with E-state index in [0.717, 1.165) is 17.7 Å². The lowest BCUT2D eigenvalue weighted by atomic mass is 10.2. The molecule has 2 rings (SSSR count). The summed E-state index contributed by atoms with van der Waals surface area (Å²) in [5.74, 6) is 0.0584. The van der Waals surface area contributed by atoms with E-state index in [0.29, 0.717) is 13.0 Å². The molecule has 4 nitrogen and oxygen atoms in total. The predicted molar refractivity (Wildman–Crippen MR) is 70.2 cm³/mol. The van der Waals surface area contributed by atoms with Gasteiger partial charge in [-0.3, -0.25) is 9.78 Å². The monoisotopic (exact) mass is 243 g/mol. The maximum atomic E-state index is 11.7. The normalized spacial score (nSPS) is 10.3. The number of hydrogen-bond acceptors (Lipinski definition) is 2. The minimum absolute atomic E-state index is 0.0584. The molecule has 0 aliphatic carbocycles. The molecule has 0 bridgehead atoms. The molecule has 0 aliphatic rings. The van der Waals surface area contributed by atoms with Gasteiger partial charge in [-0.25, -0.2) is 0 Å². The van der Waals surface area contributed by atoms with Gasteiger partial charge in [-0.1, -0.05) is 0 Å². The first-order chi connectivity index (χ1) is 8.74. The van der Waals surface area contributed by atoms with Gasteiger partial charge in [-0.15, -0.1) is 0 Å². The van der Waals surface area contributed by atoms with Gasteiger partial charge < -0.3 is 10.3 Å². The van der Waals surface area contributed by atoms with Crippen molar-refractivity contribution in [3.63, 3.8) is 0 Å². The highest BCUT2D eigenvalue weighted by Gasteiger charge is 2.04. The Morgan fingerprint density at radius 1 is 1.33 bits per heavy atom. The van der Waals surface area contributed by atoms with Gasteiger partial charge in [-0.2, -0.15) is 0 Å². The number of pyridine rings is 1. The first kappa shape index (κ1) is 12.4. The second-order valence-corrected chi connectivity index (χ2v) is 4.32. The molecule has 94 valence electrons. The standard InChI is InChI=1S/C14H17N3O/c1-11-8-13(10-17-11)9-14(18)16-7-4-12-2-5-15-6-3-12/h2-3,5-6,8,10,17H,4,7,9H2,1H3,(H,16,18). The molecule has 0 aromatic carbocycles. The summed E-state index contributed by atoms with van der Waals surface area (Å²) in [7, 11) is 0. The first-order valence-corrected chi connectivity index (χ1v) is 6.03. The van der Waals surface area contributed by atoms with Crippen LogP contribution in [0.2, 0.25) is 0 Å². The molecule has 2 aromatic rings. The van der Waals surface area contributed by atoms with Crippen molar-refractivity contribution in [1.82, 2.24) is 15.3 Å². The quantitative estimate of drug-likeness (QED) is 0.838. The van der Waals surface area contributed by atoms with E-state index in [1.165, 1.54) is 5.56 Å². The Morgan fingerprint density at radius 2 is 2.11 bits per heavy atom. The molecule has 0 saturated heterocycles. The summed E-state index contributed by atoms with van der Waals surface area (Å²) in [5, 5.41) is 2.92. The number of aryl methyl sites for hydroxylation is 1. The van der Waals surface area contributed by atoms with E-state index in [2.05, 4.69) is 15.3 Å². The van der Waals surface area contributed by atoms with Crippen molar-refractivity contribution in [3.8, 4) is 0 Å². The van der Waals surface area contributed by atoms with Crippen LogP contribution >= 0.6 is 0 Å². The molecule has 0 atom stereocenters. The largest absolute Gasteiger partial charge is 0.365 e. The molecular weight excluding hydrogens is 226 g/mol. The topological polar surface area (TPSA) is 57.8 Å². The van der Waals surface area contributed by atoms with Crippen LogP contribution in [0.15, 0.2) is 36.8 Å². The summed E-state index contributed by atoms with van der Waals surface area (Å²) >= 11 is 0. The van der Waals surface area contributed by atoms with Gasteiger partial charge in [0.15, 0.2) is 0 Å². The van der Waals surface area contributed by atoms with Gasteiger partial charge in [0.05, 0.1) is 6.42 Å². The average molecular weight is 243 g/mol. The van der Waals surface area contributed by atoms with Gasteiger partial charge in [0.1, 0.15) is 0 Å². The van der Waals surface area contributed by atoms with E-state index < -0.39 is 0 Å². The highest BCUT2D eigenvalue weighted by atomic mass is 16.1. The third-order valence-electron chi connectivity index (χ3n) is 2.74. The lowest BCUT2D eigenvalue weighted by Gasteiger charge is -2.04. The molecule has 18 heavy (non-hydrogen) atoms. The number of aromatic nitrogens is 2. The van der Waals surface area contributed by atoms with Crippen LogP contribution in [-0.2, 0) is 17.6 Å². The highest BCUT2D eigenvalue weighted by Crippen LogP contribution is 2.02. The van der Waals surface area contributed by atoms with E-state index in [1.807, 2.05) is 31.3 Å². The number of hydrogen-bond donors (Lipinski definition) is 2. The maximum Gasteiger partial charge on any atom is 0.224 e. The molecule has 0 spiro atoms. The van der Waals surface area contributed by atoms with Gasteiger partial charge in [0, 0.05) is 30.8 Å². The van der Waals surface area contributed by atoms with Crippen molar-refractivity contribution in [2.24, 2.45) is 0 Å². The summed E-state index contributed by atoms with van der Waals surface area (Å²) < 4.78 is 0. The summed E-state index contributed by atoms with van der Waals surface area (Å²) in [5.41, 5.74) is 3.28. The van der Waals surface area contributed by atoms with Crippen LogP contribution in [0, 0.1) is 6.92 Å². The molecular formula is C14H17N3O. The Morgan fingerprint density at radius 3 is 2.78 bits per heavy atom. The zero-order valence-corrected chi connectivity index (χ0v) is 10.4. The summed E-state index contributed by atoms with van der Waals surface area (Å²) in [6.07, 6.45) is 6.67. The number of amides is 1. The molecule has 0 radical (unpaired) electrons. The van der Waals surface area contributed by atoms with Crippen LogP contribution in [0.1, 0.15) is 16.8 Å². The van der Waals surface area contributed by atoms with Crippen molar-refractivity contribution in [1.29, 1.82) is 0 Å². The second-order valence-electron chi connectivity index (χ2n) is 4.32. The molecule has 0 fully saturated rings. The van der Waals surface area contributed by atoms with E-state index in [9.17, 15) is 4.79 Å². The Balaban J connectivity index is 1.72. The summed E-state index contributed by atoms with van der Waals surface area (Å²) in [6.45, 7) is 2.64. The molecule has 0 aliphatic heterocycles. The Labute approximate surface area is 106 Å². The third-order valence-corrected chi connectivity index (χ3v) is 2.74. The molecule has 4 heteroatoms. The van der Waals surface area contributed by atoms with E-state index >= 15 is 0 Å². The van der Waals surface area contributed by atoms with Gasteiger partial charge >= 0.3 is 0 Å². The minimum Gasteiger partial charge on any atom is -0.365 e. The number of H-pyrrole nitrogens is 1. The number of nitrogens with one attached hydrogen (secondary N) is 2. The van der Waals surface area contributed by atoms with Gasteiger partial charge in [-0.05, 0) is 42.7 Å². The van der Waals surface area contributed by atoms with Crippen molar-refractivity contribution in [3.05, 3.63) is 53.6 Å². The molecule has 2 N–H and O–H groups in total. The lowest BCUT2D eigenvalue weighted by Crippen LogP contribution is -2.27. The highest BCUT2D eigenvalue weighted by molar-refractivity contribution is 5.78. The molecule has 2 heterocycles. The minimum atomic E-state index is 0.0584. The van der Waals surface area contributed by atoms with Crippen LogP contribution in [0.3, 0.4) is 0 Å². The van der Waals surface area contributed by atoms with E-state index in [1.54, 1.807) is 12.4 Å². The van der Waals surface area contributed by atoms with Crippen LogP contribution in [0.4, 0.5) is 0 Å². The smallest absolute Gasteiger partial charge is 0.224 e. The lowest BCUT2D eigenvalue weighted by molar-refractivity contribution is -0.120. The van der Waals surface area contributed by atoms with Crippen LogP contribution < -0.4 is 5.32 Å². The SMILES string of the molecule is Cc1cc(CC(=O)NCCc2ccncc2)c[nH]1. The van der Waals surface area contributed by atoms with E-state index in [4.69, 9.17) is 0 Å². The van der Waals surface area contributed by atoms with Crippen LogP contribution in [0.25, 0.3) is 0 Å². The number of nitrogens with zero attached hydrogens (tertiary/aromatic N) is 1. The fourth-order valence-corrected chi connectivity index (χ4v) is 1.81. The van der Waals surface area contributed by atoms with E-state index in [-0.39, 0.29) is 5.91 Å². The second kappa shape index (κ2) is 6.00. The summed E-state index contributed by atoms with van der Waals surface area (Å²) in [4.78, 5) is 18.7. The molecule has 2 aromatic heterocycles. The maximum absolute atomic E-state index is 11.7.